The largest absolute Gasteiger partial charge is 0.469 e. The Kier molecular flexibility index (Phi) is 7.25. The van der Waals surface area contributed by atoms with Crippen molar-refractivity contribution in [2.45, 2.75) is 37.1 Å². The molecule has 2 aromatic rings. The van der Waals surface area contributed by atoms with Crippen molar-refractivity contribution in [1.82, 2.24) is 14.9 Å². The third-order valence-corrected chi connectivity index (χ3v) is 6.16. The number of thioether (sulfide) groups is 1. The lowest BCUT2D eigenvalue weighted by atomic mass is 9.96. The molecule has 160 valence electrons. The van der Waals surface area contributed by atoms with Crippen molar-refractivity contribution in [1.29, 1.82) is 0 Å². The van der Waals surface area contributed by atoms with Gasteiger partial charge in [-0.2, -0.15) is 0 Å². The number of nitrogens with one attached hydrogen (secondary N) is 1. The fourth-order valence-corrected chi connectivity index (χ4v) is 4.31. The van der Waals surface area contributed by atoms with Crippen molar-refractivity contribution in [3.8, 4) is 0 Å². The highest BCUT2D eigenvalue weighted by atomic mass is 32.2. The van der Waals surface area contributed by atoms with Gasteiger partial charge >= 0.3 is 5.97 Å². The van der Waals surface area contributed by atoms with Crippen molar-refractivity contribution in [3.63, 3.8) is 0 Å². The first-order valence-electron chi connectivity index (χ1n) is 9.70. The van der Waals surface area contributed by atoms with Crippen LogP contribution in [0.4, 0.5) is 4.39 Å². The van der Waals surface area contributed by atoms with E-state index in [0.29, 0.717) is 53.7 Å². The van der Waals surface area contributed by atoms with E-state index >= 15 is 0 Å². The van der Waals surface area contributed by atoms with Crippen LogP contribution in [0.25, 0.3) is 0 Å². The molecule has 0 saturated carbocycles. The summed E-state index contributed by atoms with van der Waals surface area (Å²) in [6.45, 7) is 2.60. The molecule has 0 spiro atoms. The molecule has 30 heavy (non-hydrogen) atoms. The highest BCUT2D eigenvalue weighted by Crippen LogP contribution is 2.22. The van der Waals surface area contributed by atoms with Crippen molar-refractivity contribution >= 4 is 23.6 Å². The number of hydrogen-bond acceptors (Lipinski definition) is 6. The van der Waals surface area contributed by atoms with Crippen molar-refractivity contribution in [2.75, 3.05) is 20.2 Å². The Bertz CT molecular complexity index is 986. The number of aromatic amines is 1. The number of aryl methyl sites for hydroxylation is 1. The van der Waals surface area contributed by atoms with Gasteiger partial charge in [-0.15, -0.1) is 0 Å². The van der Waals surface area contributed by atoms with Crippen LogP contribution in [-0.4, -0.2) is 46.9 Å². The Morgan fingerprint density at radius 1 is 1.30 bits per heavy atom. The van der Waals surface area contributed by atoms with Crippen molar-refractivity contribution in [2.24, 2.45) is 5.92 Å². The molecule has 1 N–H and O–H groups in total. The van der Waals surface area contributed by atoms with E-state index in [4.69, 9.17) is 4.74 Å². The molecule has 1 fully saturated rings. The van der Waals surface area contributed by atoms with Gasteiger partial charge in [0.25, 0.3) is 5.56 Å². The summed E-state index contributed by atoms with van der Waals surface area (Å²) in [6.07, 6.45) is 1.06. The number of ether oxygens (including phenoxy) is 1. The summed E-state index contributed by atoms with van der Waals surface area (Å²) < 4.78 is 18.5. The number of hydrogen-bond donors (Lipinski definition) is 1. The van der Waals surface area contributed by atoms with E-state index < -0.39 is 0 Å². The van der Waals surface area contributed by atoms with E-state index in [1.165, 1.54) is 24.9 Å². The molecule has 9 heteroatoms. The van der Waals surface area contributed by atoms with Gasteiger partial charge in [0.1, 0.15) is 5.82 Å². The lowest BCUT2D eigenvalue weighted by Crippen LogP contribution is -2.42. The molecule has 0 radical (unpaired) electrons. The average molecular weight is 434 g/mol. The molecule has 0 bridgehead atoms. The summed E-state index contributed by atoms with van der Waals surface area (Å²) in [5.74, 6) is -0.566. The van der Waals surface area contributed by atoms with Gasteiger partial charge in [-0.05, 0) is 31.4 Å². The molecule has 1 aromatic heterocycles. The molecule has 2 heterocycles. The second-order valence-electron chi connectivity index (χ2n) is 7.17. The zero-order chi connectivity index (χ0) is 21.7. The third kappa shape index (κ3) is 5.27. The minimum absolute atomic E-state index is 0.0463. The van der Waals surface area contributed by atoms with Gasteiger partial charge in [0, 0.05) is 30.1 Å². The number of methoxy groups -OCH3 is 1. The van der Waals surface area contributed by atoms with Gasteiger partial charge in [-0.25, -0.2) is 9.37 Å². The van der Waals surface area contributed by atoms with E-state index in [2.05, 4.69) is 9.97 Å². The first-order valence-corrected chi connectivity index (χ1v) is 10.7. The van der Waals surface area contributed by atoms with Crippen LogP contribution in [0.2, 0.25) is 0 Å². The van der Waals surface area contributed by atoms with Crippen LogP contribution in [0.15, 0.2) is 34.2 Å². The summed E-state index contributed by atoms with van der Waals surface area (Å²) in [5, 5.41) is 0.385. The molecular weight excluding hydrogens is 409 g/mol. The van der Waals surface area contributed by atoms with Crippen molar-refractivity contribution < 1.29 is 18.7 Å². The fourth-order valence-electron chi connectivity index (χ4n) is 3.42. The quantitative estimate of drug-likeness (QED) is 0.427. The number of nitrogens with zero attached hydrogens (tertiary/aromatic N) is 2. The number of esters is 1. The van der Waals surface area contributed by atoms with E-state index in [1.807, 2.05) is 0 Å². The van der Waals surface area contributed by atoms with Gasteiger partial charge in [-0.1, -0.05) is 30.0 Å². The molecule has 1 amide bonds. The number of aromatic nitrogens is 2. The number of amides is 1. The Morgan fingerprint density at radius 2 is 2.00 bits per heavy atom. The molecule has 0 aliphatic carbocycles. The normalized spacial score (nSPS) is 14.6. The van der Waals surface area contributed by atoms with Crippen LogP contribution >= 0.6 is 11.8 Å². The monoisotopic (exact) mass is 433 g/mol. The van der Waals surface area contributed by atoms with Gasteiger partial charge in [0.15, 0.2) is 5.16 Å². The molecule has 7 nitrogen and oxygen atoms in total. The molecule has 1 saturated heterocycles. The molecule has 1 aliphatic heterocycles. The van der Waals surface area contributed by atoms with Crippen LogP contribution in [0.3, 0.4) is 0 Å². The van der Waals surface area contributed by atoms with Gasteiger partial charge in [0.2, 0.25) is 5.91 Å². The minimum Gasteiger partial charge on any atom is -0.469 e. The number of piperidine rings is 1. The fraction of sp³-hybridized carbons (Fsp3) is 0.429. The maximum absolute atomic E-state index is 13.8. The van der Waals surface area contributed by atoms with E-state index in [9.17, 15) is 18.8 Å². The van der Waals surface area contributed by atoms with Crippen LogP contribution in [-0.2, 0) is 26.5 Å². The number of carbonyl (C=O) groups excluding carboxylic acids is 2. The predicted octanol–water partition coefficient (Wildman–Crippen LogP) is 2.46. The number of benzene rings is 1. The first kappa shape index (κ1) is 22.0. The Balaban J connectivity index is 1.62. The molecule has 1 aliphatic rings. The maximum atomic E-state index is 13.8. The second kappa shape index (κ2) is 9.88. The molecule has 0 atom stereocenters. The summed E-state index contributed by atoms with van der Waals surface area (Å²) in [5.41, 5.74) is 0.964. The lowest BCUT2D eigenvalue weighted by Gasteiger charge is -2.30. The zero-order valence-corrected chi connectivity index (χ0v) is 17.8. The Hall–Kier alpha value is -2.68. The zero-order valence-electron chi connectivity index (χ0n) is 16.9. The topological polar surface area (TPSA) is 92.4 Å². The molecular formula is C21H24FN3O4S. The summed E-state index contributed by atoms with van der Waals surface area (Å²) in [6, 6.07) is 6.45. The van der Waals surface area contributed by atoms with Crippen LogP contribution < -0.4 is 5.56 Å². The molecule has 3 rings (SSSR count). The van der Waals surface area contributed by atoms with E-state index in [1.54, 1.807) is 30.0 Å². The average Bonchev–Trinajstić information content (AvgIpc) is 2.75. The summed E-state index contributed by atoms with van der Waals surface area (Å²) in [4.78, 5) is 45.5. The lowest BCUT2D eigenvalue weighted by molar-refractivity contribution is -0.148. The maximum Gasteiger partial charge on any atom is 0.308 e. The van der Waals surface area contributed by atoms with Gasteiger partial charge in [-0.3, -0.25) is 14.4 Å². The standard InChI is InChI=1S/C21H24FN3O4S/c1-13-16(11-18(26)25-9-7-14(8-10-25)20(28)29-2)19(27)24-21(23-13)30-12-15-5-3-4-6-17(15)22/h3-6,14H,7-12H2,1-2H3,(H,23,24,27). The first-order chi connectivity index (χ1) is 14.4. The van der Waals surface area contributed by atoms with E-state index in [-0.39, 0.29) is 35.6 Å². The number of rotatable bonds is 6. The number of halogens is 1. The smallest absolute Gasteiger partial charge is 0.308 e. The van der Waals surface area contributed by atoms with Gasteiger partial charge in [0.05, 0.1) is 19.4 Å². The Labute approximate surface area is 178 Å². The van der Waals surface area contributed by atoms with Crippen LogP contribution in [0.1, 0.15) is 29.7 Å². The summed E-state index contributed by atoms with van der Waals surface area (Å²) in [7, 11) is 1.36. The third-order valence-electron chi connectivity index (χ3n) is 5.23. The molecule has 1 aromatic carbocycles. The number of carbonyl (C=O) groups is 2. The minimum atomic E-state index is -0.365. The van der Waals surface area contributed by atoms with E-state index in [0.717, 1.165) is 0 Å². The molecule has 0 unspecified atom stereocenters. The number of H-pyrrole nitrogens is 1. The Morgan fingerprint density at radius 3 is 2.63 bits per heavy atom. The highest BCUT2D eigenvalue weighted by Gasteiger charge is 2.28. The second-order valence-corrected chi connectivity index (χ2v) is 8.13. The van der Waals surface area contributed by atoms with Crippen LogP contribution in [0.5, 0.6) is 0 Å². The van der Waals surface area contributed by atoms with Gasteiger partial charge < -0.3 is 14.6 Å². The van der Waals surface area contributed by atoms with Crippen LogP contribution in [0, 0.1) is 18.7 Å². The SMILES string of the molecule is COC(=O)C1CCN(C(=O)Cc2c(C)nc(SCc3ccccc3F)[nH]c2=O)CC1. The summed E-state index contributed by atoms with van der Waals surface area (Å²) >= 11 is 1.23. The van der Waals surface area contributed by atoms with Crippen molar-refractivity contribution in [3.05, 3.63) is 57.3 Å². The predicted molar refractivity (Wildman–Crippen MR) is 111 cm³/mol. The number of likely N-dealkylation sites (tertiary alicyclic amines) is 1. The highest BCUT2D eigenvalue weighted by molar-refractivity contribution is 7.98.